The molecule has 42 heavy (non-hydrogen) atoms. The van der Waals surface area contributed by atoms with Gasteiger partial charge in [-0.15, -0.1) is 11.6 Å². The Kier molecular flexibility index (Phi) is 17.6. The second kappa shape index (κ2) is 21.2. The molecule has 0 unspecified atom stereocenters. The van der Waals surface area contributed by atoms with Crippen molar-refractivity contribution in [2.24, 2.45) is 11.8 Å². The van der Waals surface area contributed by atoms with Crippen molar-refractivity contribution in [1.82, 2.24) is 5.32 Å². The smallest absolute Gasteiger partial charge is 0.457 e. The maximum Gasteiger partial charge on any atom is 0.457 e. The number of esters is 1. The zero-order valence-corrected chi connectivity index (χ0v) is 26.9. The van der Waals surface area contributed by atoms with Gasteiger partial charge in [0.1, 0.15) is 6.10 Å². The largest absolute Gasteiger partial charge is 0.458 e. The summed E-state index contributed by atoms with van der Waals surface area (Å²) < 4.78 is 19.0. The van der Waals surface area contributed by atoms with Gasteiger partial charge in [0.2, 0.25) is 0 Å². The number of hydrogen-bond acceptors (Lipinski definition) is 5. The van der Waals surface area contributed by atoms with Gasteiger partial charge in [0.25, 0.3) is 0 Å². The molecule has 234 valence electrons. The van der Waals surface area contributed by atoms with Gasteiger partial charge in [-0.2, -0.15) is 0 Å². The number of halogens is 1. The van der Waals surface area contributed by atoms with Crippen molar-refractivity contribution >= 4 is 24.7 Å². The van der Waals surface area contributed by atoms with E-state index in [9.17, 15) is 4.79 Å². The first-order chi connectivity index (χ1) is 20.6. The van der Waals surface area contributed by atoms with Crippen molar-refractivity contribution in [2.45, 2.75) is 122 Å². The Balaban J connectivity index is 1.66. The molecule has 1 aliphatic carbocycles. The van der Waals surface area contributed by atoms with E-state index in [4.69, 9.17) is 25.6 Å². The lowest BCUT2D eigenvalue weighted by atomic mass is 9.80. The number of carbonyl (C=O) groups excluding carboxylic acids is 1. The van der Waals surface area contributed by atoms with Crippen LogP contribution in [0.15, 0.2) is 54.6 Å². The Morgan fingerprint density at radius 2 is 1.90 bits per heavy atom. The van der Waals surface area contributed by atoms with Crippen LogP contribution in [0, 0.1) is 11.8 Å². The minimum atomic E-state index is -0.254. The van der Waals surface area contributed by atoms with Crippen molar-refractivity contribution in [3.05, 3.63) is 60.2 Å². The molecule has 1 aromatic carbocycles. The molecule has 1 aromatic rings. The zero-order valence-electron chi connectivity index (χ0n) is 26.2. The van der Waals surface area contributed by atoms with Crippen LogP contribution in [-0.2, 0) is 25.3 Å². The van der Waals surface area contributed by atoms with Crippen LogP contribution in [-0.4, -0.2) is 50.4 Å². The molecule has 1 saturated heterocycles. The highest BCUT2D eigenvalue weighted by Crippen LogP contribution is 2.44. The Hall–Kier alpha value is -1.60. The number of unbranched alkanes of at least 4 members (excludes halogenated alkanes) is 5. The Bertz CT molecular complexity index is 914. The normalized spacial score (nSPS) is 22.8. The summed E-state index contributed by atoms with van der Waals surface area (Å²) in [5.41, 5.74) is 1.26. The van der Waals surface area contributed by atoms with Gasteiger partial charge in [-0.05, 0) is 94.8 Å². The third kappa shape index (κ3) is 13.0. The van der Waals surface area contributed by atoms with Gasteiger partial charge < -0.3 is 19.4 Å². The minimum Gasteiger partial charge on any atom is -0.458 e. The summed E-state index contributed by atoms with van der Waals surface area (Å²) in [6, 6.07) is 10.4. The highest BCUT2D eigenvalue weighted by Gasteiger charge is 2.49. The van der Waals surface area contributed by atoms with E-state index in [0.29, 0.717) is 18.2 Å². The predicted octanol–water partition coefficient (Wildman–Crippen LogP) is 8.32. The highest BCUT2D eigenvalue weighted by molar-refractivity contribution is 6.44. The lowest BCUT2D eigenvalue weighted by Crippen LogP contribution is -2.37. The van der Waals surface area contributed by atoms with Crippen LogP contribution >= 0.6 is 11.6 Å². The van der Waals surface area contributed by atoms with E-state index >= 15 is 0 Å². The molecular formula is C35H55BClNO4. The Morgan fingerprint density at radius 1 is 1.07 bits per heavy atom. The number of nitrogens with one attached hydrogen (secondary N) is 1. The van der Waals surface area contributed by atoms with Crippen molar-refractivity contribution < 1.29 is 18.8 Å². The Labute approximate surface area is 261 Å². The average molecular weight is 600 g/mol. The summed E-state index contributed by atoms with van der Waals surface area (Å²) in [6.45, 7) is 6.50. The summed E-state index contributed by atoms with van der Waals surface area (Å²) in [5, 5.41) is 3.40. The van der Waals surface area contributed by atoms with Crippen LogP contribution < -0.4 is 5.32 Å². The molecule has 0 aromatic heterocycles. The van der Waals surface area contributed by atoms with Crippen molar-refractivity contribution in [3.8, 4) is 0 Å². The fraction of sp³-hybridized carbons (Fsp3) is 0.686. The van der Waals surface area contributed by atoms with Crippen LogP contribution in [0.4, 0.5) is 0 Å². The van der Waals surface area contributed by atoms with Crippen molar-refractivity contribution in [3.63, 3.8) is 0 Å². The topological polar surface area (TPSA) is 56.8 Å². The molecule has 0 spiro atoms. The lowest BCUT2D eigenvalue weighted by Gasteiger charge is -2.27. The second-order valence-electron chi connectivity index (χ2n) is 11.9. The number of carbonyl (C=O) groups is 1. The number of alkyl halides is 1. The lowest BCUT2D eigenvalue weighted by molar-refractivity contribution is -0.147. The van der Waals surface area contributed by atoms with Gasteiger partial charge in [0.15, 0.2) is 0 Å². The fourth-order valence-electron chi connectivity index (χ4n) is 6.12. The molecule has 2 bridgehead atoms. The third-order valence-electron chi connectivity index (χ3n) is 8.52. The molecule has 1 aliphatic heterocycles. The van der Waals surface area contributed by atoms with Crippen LogP contribution in [0.25, 0.3) is 0 Å². The molecule has 5 nitrogen and oxygen atoms in total. The molecule has 0 amide bonds. The first kappa shape index (κ1) is 34.9. The van der Waals surface area contributed by atoms with Gasteiger partial charge >= 0.3 is 13.1 Å². The average Bonchev–Trinajstić information content (AvgIpc) is 3.25. The summed E-state index contributed by atoms with van der Waals surface area (Å²) in [5.74, 6) is 1.14. The van der Waals surface area contributed by atoms with Crippen molar-refractivity contribution in [2.75, 3.05) is 19.0 Å². The van der Waals surface area contributed by atoms with Crippen LogP contribution in [0.2, 0.25) is 6.32 Å². The number of aryl methyl sites for hydroxylation is 1. The molecule has 1 heterocycles. The highest BCUT2D eigenvalue weighted by atomic mass is 35.5. The van der Waals surface area contributed by atoms with Crippen molar-refractivity contribution in [1.29, 1.82) is 0 Å². The van der Waals surface area contributed by atoms with Crippen LogP contribution in [0.1, 0.15) is 96.5 Å². The molecule has 1 saturated carbocycles. The summed E-state index contributed by atoms with van der Waals surface area (Å²) in [7, 11) is -0.107. The zero-order chi connectivity index (χ0) is 29.8. The molecule has 2 fully saturated rings. The first-order valence-electron chi connectivity index (χ1n) is 16.8. The molecular weight excluding hydrogens is 545 g/mol. The summed E-state index contributed by atoms with van der Waals surface area (Å²) >= 11 is 5.81. The van der Waals surface area contributed by atoms with Gasteiger partial charge in [0, 0.05) is 24.3 Å². The Morgan fingerprint density at radius 3 is 2.69 bits per heavy atom. The van der Waals surface area contributed by atoms with Gasteiger partial charge in [-0.1, -0.05) is 81.7 Å². The number of fused-ring (bicyclic) bond motifs is 2. The number of hydrogen-bond donors (Lipinski definition) is 1. The molecule has 2 aliphatic rings. The van der Waals surface area contributed by atoms with E-state index in [1.54, 1.807) is 0 Å². The van der Waals surface area contributed by atoms with E-state index in [1.165, 1.54) is 18.4 Å². The molecule has 1 N–H and O–H groups in total. The number of rotatable bonds is 22. The standard InChI is InChI=1S/C35H55BClNO4/c1-3-5-25-36-41-33-28-34(42-36)32(31(33)19-13-7-6-8-16-27-38-4-2)24-23-30(22-21-29-17-11-9-12-18-29)40-35(39)20-14-10-15-26-37/h7,9,11-13,17-18,23-24,30-34,38H,3-6,8,10,14-16,19-22,25-28H2,1-2H3/b13-7-,24-23+/t30-,31+,32+,33-,34+/m0/s1. The summed E-state index contributed by atoms with van der Waals surface area (Å²) in [6.07, 6.45) is 22.7. The SMILES string of the molecule is CCCCB1O[C@H]2C[C@@H](O1)[C@H](/C=C/[C@H](CCc1ccccc1)OC(=O)CCCCCCl)[C@H]2C/C=C\CCCCNCC. The number of allylic oxidation sites excluding steroid dienone is 2. The van der Waals surface area contributed by atoms with Gasteiger partial charge in [0.05, 0.1) is 6.10 Å². The molecule has 0 radical (unpaired) electrons. The van der Waals surface area contributed by atoms with E-state index < -0.39 is 0 Å². The van der Waals surface area contributed by atoms with E-state index in [0.717, 1.165) is 83.6 Å². The first-order valence-corrected chi connectivity index (χ1v) is 17.3. The molecule has 3 rings (SSSR count). The monoisotopic (exact) mass is 599 g/mol. The second-order valence-corrected chi connectivity index (χ2v) is 12.3. The van der Waals surface area contributed by atoms with E-state index in [-0.39, 0.29) is 37.3 Å². The van der Waals surface area contributed by atoms with E-state index in [1.807, 2.05) is 6.07 Å². The van der Waals surface area contributed by atoms with Crippen LogP contribution in [0.5, 0.6) is 0 Å². The van der Waals surface area contributed by atoms with E-state index in [2.05, 4.69) is 67.7 Å². The fourth-order valence-corrected chi connectivity index (χ4v) is 6.31. The molecule has 5 atom stereocenters. The third-order valence-corrected chi connectivity index (χ3v) is 8.78. The predicted molar refractivity (Wildman–Crippen MR) is 176 cm³/mol. The quantitative estimate of drug-likeness (QED) is 0.0477. The molecule has 7 heteroatoms. The summed E-state index contributed by atoms with van der Waals surface area (Å²) in [4.78, 5) is 12.8. The van der Waals surface area contributed by atoms with Crippen LogP contribution in [0.3, 0.4) is 0 Å². The number of ether oxygens (including phenoxy) is 1. The van der Waals surface area contributed by atoms with Gasteiger partial charge in [-0.25, -0.2) is 0 Å². The minimum absolute atomic E-state index is 0.107. The number of benzene rings is 1. The maximum atomic E-state index is 12.8. The maximum absolute atomic E-state index is 12.8. The van der Waals surface area contributed by atoms with Gasteiger partial charge in [-0.3, -0.25) is 4.79 Å².